The zero-order valence-electron chi connectivity index (χ0n) is 21.0. The first-order valence-corrected chi connectivity index (χ1v) is 14.1. The van der Waals surface area contributed by atoms with Gasteiger partial charge in [0.1, 0.15) is 0 Å². The van der Waals surface area contributed by atoms with E-state index in [1.807, 2.05) is 21.1 Å². The molecule has 0 aromatic carbocycles. The van der Waals surface area contributed by atoms with Crippen molar-refractivity contribution >= 4 is 8.03 Å². The minimum Gasteiger partial charge on any atom is -0.591 e. The summed E-state index contributed by atoms with van der Waals surface area (Å²) < 4.78 is 12.0. The highest BCUT2D eigenvalue weighted by Crippen LogP contribution is 2.30. The molecule has 0 rings (SSSR count). The molecule has 0 aromatic rings. The highest BCUT2D eigenvalue weighted by molar-refractivity contribution is 7.37. The van der Waals surface area contributed by atoms with Crippen LogP contribution in [0, 0.1) is 5.92 Å². The van der Waals surface area contributed by atoms with E-state index in [1.165, 1.54) is 96.3 Å². The molecule has 0 aliphatic rings. The van der Waals surface area contributed by atoms with Crippen LogP contribution in [-0.4, -0.2) is 31.4 Å². The summed E-state index contributed by atoms with van der Waals surface area (Å²) in [5.74, 6) is 0.0158. The molecule has 0 aliphatic carbocycles. The van der Waals surface area contributed by atoms with Gasteiger partial charge in [0, 0.05) is 0 Å². The van der Waals surface area contributed by atoms with Gasteiger partial charge in [-0.2, -0.15) is 0 Å². The smallest absolute Gasteiger partial charge is 0.373 e. The van der Waals surface area contributed by atoms with Gasteiger partial charge in [-0.1, -0.05) is 120 Å². The van der Waals surface area contributed by atoms with E-state index in [-0.39, 0.29) is 5.78 Å². The molecule has 3 unspecified atom stereocenters. The fraction of sp³-hybridized carbons (Fsp3) is 0.923. The van der Waals surface area contributed by atoms with Crippen LogP contribution in [0.5, 0.6) is 0 Å². The fourth-order valence-corrected chi connectivity index (χ4v) is 5.13. The standard InChI is InChI=1S/C26H53NO2P/c1-6-7-8-9-10-11-12-13-14-15-16-17-18-19-20-21-22-23-25(2)24-26(30(28)29)27(3,4)5/h22-23,25-26H,6-21,24H2,1-5H3/q+1/b23-22-. The molecule has 0 spiro atoms. The van der Waals surface area contributed by atoms with E-state index >= 15 is 0 Å². The van der Waals surface area contributed by atoms with Crippen molar-refractivity contribution in [1.82, 2.24) is 0 Å². The summed E-state index contributed by atoms with van der Waals surface area (Å²) in [5, 5.41) is 0. The number of hydrogen-bond donors (Lipinski definition) is 0. The lowest BCUT2D eigenvalue weighted by Crippen LogP contribution is -2.44. The van der Waals surface area contributed by atoms with E-state index in [4.69, 9.17) is 0 Å². The van der Waals surface area contributed by atoms with Crippen molar-refractivity contribution in [2.45, 2.75) is 129 Å². The summed E-state index contributed by atoms with van der Waals surface area (Å²) >= 11 is 0. The first-order valence-electron chi connectivity index (χ1n) is 12.9. The molecule has 3 atom stereocenters. The maximum absolute atomic E-state index is 11.5. The summed E-state index contributed by atoms with van der Waals surface area (Å²) in [4.78, 5) is 11.5. The number of quaternary nitrogens is 1. The average Bonchev–Trinajstić information content (AvgIpc) is 2.67. The summed E-state index contributed by atoms with van der Waals surface area (Å²) in [6, 6.07) is 0. The Morgan fingerprint density at radius 2 is 1.17 bits per heavy atom. The van der Waals surface area contributed by atoms with E-state index in [0.717, 1.165) is 6.42 Å². The molecule has 0 amide bonds. The lowest BCUT2D eigenvalue weighted by molar-refractivity contribution is -0.883. The molecule has 0 aromatic heterocycles. The van der Waals surface area contributed by atoms with Gasteiger partial charge >= 0.3 is 8.03 Å². The van der Waals surface area contributed by atoms with E-state index in [0.29, 0.717) is 16.8 Å². The van der Waals surface area contributed by atoms with E-state index in [2.05, 4.69) is 26.0 Å². The quantitative estimate of drug-likeness (QED) is 0.0782. The van der Waals surface area contributed by atoms with Crippen molar-refractivity contribution in [3.05, 3.63) is 12.2 Å². The molecule has 0 aliphatic heterocycles. The molecular weight excluding hydrogens is 389 g/mol. The number of unbranched alkanes of at least 4 members (excludes halogenated alkanes) is 15. The second-order valence-electron chi connectivity index (χ2n) is 10.3. The molecule has 0 heterocycles. The summed E-state index contributed by atoms with van der Waals surface area (Å²) in [7, 11) is 3.49. The third kappa shape index (κ3) is 18.5. The third-order valence-electron chi connectivity index (χ3n) is 6.16. The van der Waals surface area contributed by atoms with Crippen LogP contribution in [0.4, 0.5) is 0 Å². The molecule has 0 N–H and O–H groups in total. The fourth-order valence-electron chi connectivity index (χ4n) is 4.06. The van der Waals surface area contributed by atoms with Gasteiger partial charge in [-0.25, -0.2) is 0 Å². The minimum absolute atomic E-state index is 0.301. The molecule has 0 bridgehead atoms. The van der Waals surface area contributed by atoms with Crippen molar-refractivity contribution in [2.75, 3.05) is 21.1 Å². The Labute approximate surface area is 190 Å². The van der Waals surface area contributed by atoms with Gasteiger partial charge in [-0.15, -0.1) is 0 Å². The molecule has 178 valence electrons. The van der Waals surface area contributed by atoms with E-state index in [1.54, 1.807) is 0 Å². The van der Waals surface area contributed by atoms with Crippen LogP contribution in [0.3, 0.4) is 0 Å². The molecule has 3 nitrogen and oxygen atoms in total. The molecule has 4 heteroatoms. The molecule has 0 saturated carbocycles. The topological polar surface area (TPSA) is 40.1 Å². The van der Waals surface area contributed by atoms with Crippen LogP contribution in [0.15, 0.2) is 12.2 Å². The normalized spacial score (nSPS) is 14.9. The number of allylic oxidation sites excluding steroid dienone is 2. The maximum Gasteiger partial charge on any atom is 0.373 e. The molecule has 0 fully saturated rings. The van der Waals surface area contributed by atoms with Crippen molar-refractivity contribution in [3.63, 3.8) is 0 Å². The van der Waals surface area contributed by atoms with Crippen LogP contribution < -0.4 is 4.89 Å². The molecular formula is C26H53NO2P+. The van der Waals surface area contributed by atoms with Crippen molar-refractivity contribution in [3.8, 4) is 0 Å². The summed E-state index contributed by atoms with van der Waals surface area (Å²) in [5.41, 5.74) is 0. The third-order valence-corrected chi connectivity index (χ3v) is 7.55. The molecule has 0 radical (unpaired) electrons. The van der Waals surface area contributed by atoms with Crippen molar-refractivity contribution in [1.29, 1.82) is 0 Å². The predicted octanol–water partition coefficient (Wildman–Crippen LogP) is 7.97. The first-order chi connectivity index (χ1) is 14.3. The van der Waals surface area contributed by atoms with Crippen LogP contribution in [0.2, 0.25) is 0 Å². The van der Waals surface area contributed by atoms with Crippen LogP contribution >= 0.6 is 8.03 Å². The lowest BCUT2D eigenvalue weighted by atomic mass is 10.0. The Bertz CT molecular complexity index is 431. The monoisotopic (exact) mass is 442 g/mol. The summed E-state index contributed by atoms with van der Waals surface area (Å²) in [6.45, 7) is 4.41. The van der Waals surface area contributed by atoms with Gasteiger partial charge in [0.2, 0.25) is 0 Å². The Kier molecular flexibility index (Phi) is 19.3. The molecule has 30 heavy (non-hydrogen) atoms. The zero-order chi connectivity index (χ0) is 22.7. The maximum atomic E-state index is 11.5. The Balaban J connectivity index is 3.49. The van der Waals surface area contributed by atoms with Crippen LogP contribution in [0.25, 0.3) is 0 Å². The SMILES string of the molecule is CCCCCCCCCCCCCCCCC/C=C\C(C)CC([P+](=O)[O-])[N+](C)(C)C. The predicted molar refractivity (Wildman–Crippen MR) is 132 cm³/mol. The Hall–Kier alpha value is -0.240. The second kappa shape index (κ2) is 19.4. The Morgan fingerprint density at radius 1 is 0.767 bits per heavy atom. The second-order valence-corrected chi connectivity index (χ2v) is 11.4. The van der Waals surface area contributed by atoms with E-state index < -0.39 is 8.03 Å². The van der Waals surface area contributed by atoms with Crippen LogP contribution in [-0.2, 0) is 4.57 Å². The Morgan fingerprint density at radius 3 is 1.53 bits per heavy atom. The first kappa shape index (κ1) is 29.8. The number of nitrogens with zero attached hydrogens (tertiary/aromatic N) is 1. The van der Waals surface area contributed by atoms with Crippen molar-refractivity contribution < 1.29 is 13.9 Å². The van der Waals surface area contributed by atoms with E-state index in [9.17, 15) is 9.46 Å². The van der Waals surface area contributed by atoms with Gasteiger partial charge in [-0.3, -0.25) is 4.48 Å². The van der Waals surface area contributed by atoms with Gasteiger partial charge < -0.3 is 4.89 Å². The van der Waals surface area contributed by atoms with Crippen molar-refractivity contribution in [2.24, 2.45) is 5.92 Å². The summed E-state index contributed by atoms with van der Waals surface area (Å²) in [6.07, 6.45) is 27.3. The number of hydrogen-bond acceptors (Lipinski definition) is 2. The molecule has 0 saturated heterocycles. The average molecular weight is 443 g/mol. The highest BCUT2D eigenvalue weighted by atomic mass is 31.1. The lowest BCUT2D eigenvalue weighted by Gasteiger charge is -2.28. The van der Waals surface area contributed by atoms with Gasteiger partial charge in [0.05, 0.1) is 27.6 Å². The highest BCUT2D eigenvalue weighted by Gasteiger charge is 2.35. The zero-order valence-corrected chi connectivity index (χ0v) is 21.9. The number of rotatable bonds is 21. The van der Waals surface area contributed by atoms with Crippen LogP contribution in [0.1, 0.15) is 123 Å². The van der Waals surface area contributed by atoms with Gasteiger partial charge in [0.25, 0.3) is 5.78 Å². The largest absolute Gasteiger partial charge is 0.591 e. The minimum atomic E-state index is -2.39. The van der Waals surface area contributed by atoms with Gasteiger partial charge in [0.15, 0.2) is 0 Å². The van der Waals surface area contributed by atoms with Gasteiger partial charge in [-0.05, 0) is 18.8 Å².